The van der Waals surface area contributed by atoms with E-state index in [1.165, 1.54) is 16.9 Å². The molecule has 0 spiro atoms. The lowest BCUT2D eigenvalue weighted by molar-refractivity contribution is 0.639. The van der Waals surface area contributed by atoms with Gasteiger partial charge in [-0.1, -0.05) is 52.0 Å². The summed E-state index contributed by atoms with van der Waals surface area (Å²) < 4.78 is 0. The quantitative estimate of drug-likeness (QED) is 0.624. The second-order valence-corrected chi connectivity index (χ2v) is 4.38. The van der Waals surface area contributed by atoms with Crippen LogP contribution in [0, 0.1) is 0 Å². The molecule has 1 aromatic carbocycles. The maximum absolute atomic E-state index is 2.29. The van der Waals surface area contributed by atoms with Crippen LogP contribution in [0.3, 0.4) is 0 Å². The first-order valence-corrected chi connectivity index (χ1v) is 6.09. The van der Waals surface area contributed by atoms with E-state index in [4.69, 9.17) is 0 Å². The third-order valence-corrected chi connectivity index (χ3v) is 3.21. The van der Waals surface area contributed by atoms with Gasteiger partial charge in [0.1, 0.15) is 0 Å². The van der Waals surface area contributed by atoms with E-state index in [9.17, 15) is 0 Å². The van der Waals surface area contributed by atoms with Crippen molar-refractivity contribution >= 4 is 5.69 Å². The number of anilines is 1. The first kappa shape index (κ1) is 12.8. The zero-order valence-corrected chi connectivity index (χ0v) is 11.3. The van der Waals surface area contributed by atoms with E-state index in [0.29, 0.717) is 0 Å². The van der Waals surface area contributed by atoms with Crippen LogP contribution in [-0.4, -0.2) is 7.05 Å². The normalized spacial score (nSPS) is 19.1. The lowest BCUT2D eigenvalue weighted by Gasteiger charge is -2.23. The predicted molar refractivity (Wildman–Crippen MR) is 73.0 cm³/mol. The third kappa shape index (κ3) is 1.75. The van der Waals surface area contributed by atoms with Gasteiger partial charge in [0.15, 0.2) is 0 Å². The molecule has 0 fully saturated rings. The van der Waals surface area contributed by atoms with Gasteiger partial charge in [-0.3, -0.25) is 0 Å². The molecule has 16 heavy (non-hydrogen) atoms. The van der Waals surface area contributed by atoms with Crippen molar-refractivity contribution in [1.29, 1.82) is 0 Å². The van der Waals surface area contributed by atoms with Crippen LogP contribution in [0.25, 0.3) is 0 Å². The number of benzene rings is 1. The molecule has 0 atom stereocenters. The van der Waals surface area contributed by atoms with Crippen LogP contribution in [-0.2, 0) is 5.41 Å². The highest BCUT2D eigenvalue weighted by Gasteiger charge is 2.37. The Morgan fingerprint density at radius 2 is 1.69 bits per heavy atom. The maximum Gasteiger partial charge on any atom is 0.0447 e. The van der Waals surface area contributed by atoms with Gasteiger partial charge in [0, 0.05) is 23.8 Å². The van der Waals surface area contributed by atoms with Gasteiger partial charge in [0.2, 0.25) is 0 Å². The second kappa shape index (κ2) is 4.73. The number of fused-ring (bicyclic) bond motifs is 1. The molecule has 0 radical (unpaired) electrons. The van der Waals surface area contributed by atoms with Crippen LogP contribution in [0.4, 0.5) is 5.69 Å². The number of allylic oxidation sites excluding steroid dienone is 2. The number of likely N-dealkylation sites (N-methyl/N-ethyl adjacent to an activating group) is 1. The number of para-hydroxylation sites is 1. The summed E-state index contributed by atoms with van der Waals surface area (Å²) in [5.41, 5.74) is 4.31. The van der Waals surface area contributed by atoms with Crippen LogP contribution in [0.15, 0.2) is 36.0 Å². The van der Waals surface area contributed by atoms with Crippen molar-refractivity contribution < 1.29 is 0 Å². The van der Waals surface area contributed by atoms with Gasteiger partial charge in [-0.05, 0) is 18.6 Å². The van der Waals surface area contributed by atoms with Crippen LogP contribution in [0.5, 0.6) is 0 Å². The minimum absolute atomic E-state index is 0.153. The zero-order valence-electron chi connectivity index (χ0n) is 11.3. The highest BCUT2D eigenvalue weighted by atomic mass is 15.2. The standard InChI is InChI=1S/C13H17N.C2H6/c1-5-12-13(2,3)10-8-6-7-9-11(10)14(12)4;1-2/h5-9H,1-4H3;1-2H3. The Kier molecular flexibility index (Phi) is 3.79. The Hall–Kier alpha value is -1.24. The molecule has 0 amide bonds. The van der Waals surface area contributed by atoms with Crippen molar-refractivity contribution in [2.45, 2.75) is 40.0 Å². The lowest BCUT2D eigenvalue weighted by Crippen LogP contribution is -2.22. The van der Waals surface area contributed by atoms with Gasteiger partial charge in [-0.15, -0.1) is 0 Å². The van der Waals surface area contributed by atoms with Crippen LogP contribution >= 0.6 is 0 Å². The van der Waals surface area contributed by atoms with Gasteiger partial charge in [0.25, 0.3) is 0 Å². The highest BCUT2D eigenvalue weighted by Crippen LogP contribution is 2.46. The van der Waals surface area contributed by atoms with Gasteiger partial charge < -0.3 is 4.90 Å². The first-order chi connectivity index (χ1) is 7.59. The molecule has 0 aliphatic carbocycles. The Morgan fingerprint density at radius 1 is 1.12 bits per heavy atom. The monoisotopic (exact) mass is 217 g/mol. The van der Waals surface area contributed by atoms with Crippen molar-refractivity contribution in [2.75, 3.05) is 11.9 Å². The molecule has 1 heterocycles. The smallest absolute Gasteiger partial charge is 0.0447 e. The van der Waals surface area contributed by atoms with E-state index in [1.807, 2.05) is 13.8 Å². The lowest BCUT2D eigenvalue weighted by atomic mass is 9.84. The molecule has 0 N–H and O–H groups in total. The SMILES string of the molecule is CC.CC=C1N(C)c2ccccc2C1(C)C. The van der Waals surface area contributed by atoms with Crippen molar-refractivity contribution in [3.05, 3.63) is 41.6 Å². The molecule has 0 saturated heterocycles. The van der Waals surface area contributed by atoms with Crippen LogP contribution in [0.1, 0.15) is 40.2 Å². The van der Waals surface area contributed by atoms with Gasteiger partial charge in [-0.25, -0.2) is 0 Å². The van der Waals surface area contributed by atoms with Crippen molar-refractivity contribution in [3.63, 3.8) is 0 Å². The Labute approximate surface area is 99.8 Å². The highest BCUT2D eigenvalue weighted by molar-refractivity contribution is 5.69. The summed E-state index contributed by atoms with van der Waals surface area (Å²) in [6.45, 7) is 10.7. The molecule has 0 aromatic heterocycles. The topological polar surface area (TPSA) is 3.24 Å². The minimum atomic E-state index is 0.153. The van der Waals surface area contributed by atoms with Gasteiger partial charge >= 0.3 is 0 Å². The first-order valence-electron chi connectivity index (χ1n) is 6.09. The Bertz CT molecular complexity index is 388. The van der Waals surface area contributed by atoms with E-state index in [1.54, 1.807) is 0 Å². The predicted octanol–water partition coefficient (Wildman–Crippen LogP) is 4.34. The van der Waals surface area contributed by atoms with Gasteiger partial charge in [-0.2, -0.15) is 0 Å². The summed E-state index contributed by atoms with van der Waals surface area (Å²) in [6.07, 6.45) is 2.21. The zero-order chi connectivity index (χ0) is 12.3. The number of hydrogen-bond acceptors (Lipinski definition) is 1. The van der Waals surface area contributed by atoms with E-state index in [2.05, 4.69) is 63.1 Å². The number of hydrogen-bond donors (Lipinski definition) is 0. The fourth-order valence-corrected chi connectivity index (χ4v) is 2.54. The summed E-state index contributed by atoms with van der Waals surface area (Å²) in [4.78, 5) is 2.29. The second-order valence-electron chi connectivity index (χ2n) is 4.38. The molecule has 1 nitrogen and oxygen atoms in total. The molecule has 0 unspecified atom stereocenters. The van der Waals surface area contributed by atoms with Crippen LogP contribution in [0.2, 0.25) is 0 Å². The molecule has 0 bridgehead atoms. The van der Waals surface area contributed by atoms with Crippen molar-refractivity contribution in [1.82, 2.24) is 0 Å². The Morgan fingerprint density at radius 3 is 2.19 bits per heavy atom. The molecule has 1 heteroatoms. The van der Waals surface area contributed by atoms with E-state index >= 15 is 0 Å². The number of rotatable bonds is 0. The average Bonchev–Trinajstić information content (AvgIpc) is 2.50. The maximum atomic E-state index is 2.29. The molecule has 1 aromatic rings. The average molecular weight is 217 g/mol. The summed E-state index contributed by atoms with van der Waals surface area (Å²) in [5, 5.41) is 0. The van der Waals surface area contributed by atoms with E-state index in [-0.39, 0.29) is 5.41 Å². The summed E-state index contributed by atoms with van der Waals surface area (Å²) in [7, 11) is 2.14. The summed E-state index contributed by atoms with van der Waals surface area (Å²) >= 11 is 0. The van der Waals surface area contributed by atoms with Gasteiger partial charge in [0.05, 0.1) is 0 Å². The van der Waals surface area contributed by atoms with Crippen molar-refractivity contribution in [2.24, 2.45) is 0 Å². The fraction of sp³-hybridized carbons (Fsp3) is 0.467. The number of nitrogens with zero attached hydrogens (tertiary/aromatic N) is 1. The third-order valence-electron chi connectivity index (χ3n) is 3.21. The van der Waals surface area contributed by atoms with Crippen LogP contribution < -0.4 is 4.90 Å². The molecule has 1 aliphatic heterocycles. The van der Waals surface area contributed by atoms with Crippen molar-refractivity contribution in [3.8, 4) is 0 Å². The molecule has 1 aliphatic rings. The summed E-state index contributed by atoms with van der Waals surface area (Å²) in [5.74, 6) is 0. The largest absolute Gasteiger partial charge is 0.347 e. The molecule has 88 valence electrons. The Balaban J connectivity index is 0.000000606. The van der Waals surface area contributed by atoms with E-state index in [0.717, 1.165) is 0 Å². The minimum Gasteiger partial charge on any atom is -0.347 e. The molecular weight excluding hydrogens is 194 g/mol. The molecule has 2 rings (SSSR count). The molecular formula is C15H23N. The van der Waals surface area contributed by atoms with E-state index < -0.39 is 0 Å². The summed E-state index contributed by atoms with van der Waals surface area (Å²) in [6, 6.07) is 8.63. The fourth-order valence-electron chi connectivity index (χ4n) is 2.54. The molecule has 0 saturated carbocycles.